The molecule has 0 aliphatic carbocycles. The molecule has 0 spiro atoms. The van der Waals surface area contributed by atoms with Gasteiger partial charge in [0.25, 0.3) is 10.0 Å². The number of ether oxygens (including phenoxy) is 1. The third-order valence-corrected chi connectivity index (χ3v) is 6.88. The fourth-order valence-corrected chi connectivity index (χ4v) is 4.30. The molecule has 1 aromatic carbocycles. The van der Waals surface area contributed by atoms with Crippen molar-refractivity contribution in [1.82, 2.24) is 9.71 Å². The van der Waals surface area contributed by atoms with Gasteiger partial charge in [-0.15, -0.1) is 0 Å². The van der Waals surface area contributed by atoms with E-state index in [2.05, 4.69) is 29.3 Å². The maximum atomic E-state index is 12.8. The van der Waals surface area contributed by atoms with E-state index in [1.54, 1.807) is 6.07 Å². The zero-order valence-corrected chi connectivity index (χ0v) is 17.2. The van der Waals surface area contributed by atoms with Gasteiger partial charge in [0, 0.05) is 26.4 Å². The van der Waals surface area contributed by atoms with Gasteiger partial charge < -0.3 is 9.84 Å². The van der Waals surface area contributed by atoms with Crippen LogP contribution in [0.25, 0.3) is 0 Å². The van der Waals surface area contributed by atoms with Crippen LogP contribution in [0.5, 0.6) is 0 Å². The molecule has 26 heavy (non-hydrogen) atoms. The summed E-state index contributed by atoms with van der Waals surface area (Å²) in [5, 5.41) is 9.22. The first kappa shape index (κ1) is 20.7. The summed E-state index contributed by atoms with van der Waals surface area (Å²) in [7, 11) is -5.26. The molecule has 0 saturated heterocycles. The summed E-state index contributed by atoms with van der Waals surface area (Å²) in [4.78, 5) is 3.93. The van der Waals surface area contributed by atoms with Crippen molar-refractivity contribution in [1.29, 1.82) is 0 Å². The SMILES string of the molecule is C[Si](C)(C)CCOC(NS(=O)(=O)c1ncccc1CO)c1ccccc1. The smallest absolute Gasteiger partial charge is 0.260 e. The number of pyridine rings is 1. The number of nitrogens with zero attached hydrogens (tertiary/aromatic N) is 1. The second-order valence-corrected chi connectivity index (χ2v) is 14.5. The van der Waals surface area contributed by atoms with Gasteiger partial charge in [0.05, 0.1) is 6.61 Å². The molecule has 0 saturated carbocycles. The number of aliphatic hydroxyl groups excluding tert-OH is 1. The van der Waals surface area contributed by atoms with Crippen LogP contribution in [0.15, 0.2) is 53.7 Å². The van der Waals surface area contributed by atoms with Gasteiger partial charge in [-0.3, -0.25) is 0 Å². The molecule has 1 heterocycles. The van der Waals surface area contributed by atoms with Crippen molar-refractivity contribution in [3.05, 3.63) is 59.8 Å². The van der Waals surface area contributed by atoms with Gasteiger partial charge in [-0.1, -0.05) is 56.0 Å². The minimum absolute atomic E-state index is 0.183. The minimum Gasteiger partial charge on any atom is -0.392 e. The first-order valence-electron chi connectivity index (χ1n) is 8.46. The molecule has 2 aromatic rings. The first-order chi connectivity index (χ1) is 12.2. The van der Waals surface area contributed by atoms with Gasteiger partial charge in [0.1, 0.15) is 6.23 Å². The van der Waals surface area contributed by atoms with Crippen LogP contribution in [-0.4, -0.2) is 33.2 Å². The van der Waals surface area contributed by atoms with E-state index in [4.69, 9.17) is 4.74 Å². The number of sulfonamides is 1. The average Bonchev–Trinajstić information content (AvgIpc) is 2.60. The maximum Gasteiger partial charge on any atom is 0.260 e. The Morgan fingerprint density at radius 1 is 1.15 bits per heavy atom. The van der Waals surface area contributed by atoms with Crippen LogP contribution < -0.4 is 4.72 Å². The molecule has 0 fully saturated rings. The van der Waals surface area contributed by atoms with Gasteiger partial charge in [-0.05, 0) is 17.7 Å². The largest absolute Gasteiger partial charge is 0.392 e. The standard InChI is InChI=1S/C18H26N2O4SSi/c1-26(2,3)13-12-24-17(15-8-5-4-6-9-15)20-25(22,23)18-16(14-21)10-7-11-19-18/h4-11,17,20-21H,12-14H2,1-3H3. The first-order valence-corrected chi connectivity index (χ1v) is 13.7. The summed E-state index contributed by atoms with van der Waals surface area (Å²) in [5.41, 5.74) is 0.960. The summed E-state index contributed by atoms with van der Waals surface area (Å²) < 4.78 is 34.1. The summed E-state index contributed by atoms with van der Waals surface area (Å²) in [6, 6.07) is 13.2. The molecule has 0 aliphatic heterocycles. The Labute approximate surface area is 156 Å². The zero-order chi connectivity index (χ0) is 19.2. The molecule has 1 atom stereocenters. The van der Waals surface area contributed by atoms with Crippen molar-refractivity contribution in [2.75, 3.05) is 6.61 Å². The lowest BCUT2D eigenvalue weighted by molar-refractivity contribution is 0.0539. The van der Waals surface area contributed by atoms with E-state index < -0.39 is 30.9 Å². The van der Waals surface area contributed by atoms with Crippen LogP contribution in [-0.2, 0) is 21.4 Å². The lowest BCUT2D eigenvalue weighted by Gasteiger charge is -2.22. The van der Waals surface area contributed by atoms with E-state index in [1.165, 1.54) is 12.3 Å². The predicted molar refractivity (Wildman–Crippen MR) is 104 cm³/mol. The maximum absolute atomic E-state index is 12.8. The monoisotopic (exact) mass is 394 g/mol. The van der Waals surface area contributed by atoms with Crippen molar-refractivity contribution in [2.45, 2.75) is 43.5 Å². The molecule has 0 bridgehead atoms. The molecule has 142 valence electrons. The van der Waals surface area contributed by atoms with Crippen LogP contribution in [0.2, 0.25) is 25.7 Å². The van der Waals surface area contributed by atoms with Crippen molar-refractivity contribution < 1.29 is 18.3 Å². The number of aromatic nitrogens is 1. The summed E-state index contributed by atoms with van der Waals surface area (Å²) >= 11 is 0. The van der Waals surface area contributed by atoms with Crippen molar-refractivity contribution in [3.8, 4) is 0 Å². The molecular formula is C18H26N2O4SSi. The Morgan fingerprint density at radius 3 is 2.46 bits per heavy atom. The van der Waals surface area contributed by atoms with Gasteiger partial charge in [-0.2, -0.15) is 4.72 Å². The molecule has 6 nitrogen and oxygen atoms in total. The average molecular weight is 395 g/mol. The lowest BCUT2D eigenvalue weighted by Crippen LogP contribution is -2.33. The van der Waals surface area contributed by atoms with E-state index in [1.807, 2.05) is 30.3 Å². The van der Waals surface area contributed by atoms with E-state index in [9.17, 15) is 13.5 Å². The molecule has 8 heteroatoms. The second-order valence-electron chi connectivity index (χ2n) is 7.22. The molecular weight excluding hydrogens is 368 g/mol. The van der Waals surface area contributed by atoms with Crippen molar-refractivity contribution >= 4 is 18.1 Å². The number of hydrogen-bond donors (Lipinski definition) is 2. The lowest BCUT2D eigenvalue weighted by atomic mass is 10.2. The molecule has 0 radical (unpaired) electrons. The van der Waals surface area contributed by atoms with Gasteiger partial charge in [0.15, 0.2) is 5.03 Å². The molecule has 1 aromatic heterocycles. The number of aliphatic hydroxyl groups is 1. The van der Waals surface area contributed by atoms with E-state index in [0.29, 0.717) is 12.2 Å². The molecule has 0 aliphatic rings. The topological polar surface area (TPSA) is 88.5 Å². The summed E-state index contributed by atoms with van der Waals surface area (Å²) in [6.45, 7) is 6.77. The number of benzene rings is 1. The van der Waals surface area contributed by atoms with Gasteiger partial charge in [0.2, 0.25) is 0 Å². The third-order valence-electron chi connectivity index (χ3n) is 3.78. The fraction of sp³-hybridized carbons (Fsp3) is 0.389. The Hall–Kier alpha value is -1.58. The zero-order valence-electron chi connectivity index (χ0n) is 15.3. The minimum atomic E-state index is -3.95. The van der Waals surface area contributed by atoms with Gasteiger partial charge >= 0.3 is 0 Å². The molecule has 2 rings (SSSR count). The third kappa shape index (κ3) is 5.99. The summed E-state index contributed by atoms with van der Waals surface area (Å²) in [6.07, 6.45) is 0.572. The fourth-order valence-electron chi connectivity index (χ4n) is 2.29. The Morgan fingerprint density at radius 2 is 1.85 bits per heavy atom. The Kier molecular flexibility index (Phi) is 7.07. The number of rotatable bonds is 9. The highest BCUT2D eigenvalue weighted by atomic mass is 32.2. The highest BCUT2D eigenvalue weighted by Crippen LogP contribution is 2.21. The van der Waals surface area contributed by atoms with Crippen LogP contribution in [0.3, 0.4) is 0 Å². The summed E-state index contributed by atoms with van der Waals surface area (Å²) in [5.74, 6) is 0. The Balaban J connectivity index is 2.25. The quantitative estimate of drug-likeness (QED) is 0.504. The molecule has 0 amide bonds. The highest BCUT2D eigenvalue weighted by molar-refractivity contribution is 7.89. The Bertz CT molecular complexity index is 807. The van der Waals surface area contributed by atoms with Crippen molar-refractivity contribution in [3.63, 3.8) is 0 Å². The molecule has 2 N–H and O–H groups in total. The number of hydrogen-bond acceptors (Lipinski definition) is 5. The number of nitrogens with one attached hydrogen (secondary N) is 1. The molecule has 1 unspecified atom stereocenters. The van der Waals surface area contributed by atoms with E-state index >= 15 is 0 Å². The van der Waals surface area contributed by atoms with E-state index in [-0.39, 0.29) is 10.6 Å². The van der Waals surface area contributed by atoms with E-state index in [0.717, 1.165) is 6.04 Å². The van der Waals surface area contributed by atoms with Crippen LogP contribution in [0.4, 0.5) is 0 Å². The van der Waals surface area contributed by atoms with Crippen molar-refractivity contribution in [2.24, 2.45) is 0 Å². The predicted octanol–water partition coefficient (Wildman–Crippen LogP) is 2.91. The van der Waals surface area contributed by atoms with Crippen LogP contribution >= 0.6 is 0 Å². The van der Waals surface area contributed by atoms with Crippen LogP contribution in [0, 0.1) is 0 Å². The van der Waals surface area contributed by atoms with Crippen LogP contribution in [0.1, 0.15) is 17.4 Å². The normalized spacial score (nSPS) is 13.5. The highest BCUT2D eigenvalue weighted by Gasteiger charge is 2.26. The second kappa shape index (κ2) is 8.87. The van der Waals surface area contributed by atoms with Gasteiger partial charge in [-0.25, -0.2) is 13.4 Å².